The molecule has 8 heteroatoms. The van der Waals surface area contributed by atoms with Crippen molar-refractivity contribution in [3.8, 4) is 0 Å². The van der Waals surface area contributed by atoms with Crippen molar-refractivity contribution in [1.82, 2.24) is 5.32 Å². The van der Waals surface area contributed by atoms with E-state index < -0.39 is 20.2 Å². The minimum atomic E-state index is -5.28. The Morgan fingerprint density at radius 2 is 1.90 bits per heavy atom. The highest BCUT2D eigenvalue weighted by atomic mass is 32.2. The molecule has 0 radical (unpaired) electrons. The lowest BCUT2D eigenvalue weighted by molar-refractivity contribution is -0.0436. The number of sulfone groups is 1. The van der Waals surface area contributed by atoms with Gasteiger partial charge >= 0.3 is 5.51 Å². The van der Waals surface area contributed by atoms with E-state index >= 15 is 0 Å². The van der Waals surface area contributed by atoms with Crippen LogP contribution in [0.5, 0.6) is 0 Å². The number of alkyl halides is 3. The number of halogens is 3. The maximum atomic E-state index is 12.5. The second-order valence-electron chi connectivity index (χ2n) is 4.88. The summed E-state index contributed by atoms with van der Waals surface area (Å²) in [5.41, 5.74) is -4.54. The number of hydrogen-bond donors (Lipinski definition) is 1. The normalized spacial score (nSPS) is 19.7. The van der Waals surface area contributed by atoms with Crippen LogP contribution in [0.3, 0.4) is 0 Å². The molecule has 1 fully saturated rings. The third-order valence-corrected chi connectivity index (χ3v) is 5.10. The van der Waals surface area contributed by atoms with Crippen LogP contribution >= 0.6 is 0 Å². The first kappa shape index (κ1) is 16.1. The molecule has 1 aromatic carbocycles. The monoisotopic (exact) mass is 322 g/mol. The van der Waals surface area contributed by atoms with E-state index in [1.54, 1.807) is 0 Å². The van der Waals surface area contributed by atoms with Gasteiger partial charge in [-0.1, -0.05) is 0 Å². The van der Waals surface area contributed by atoms with Crippen LogP contribution in [0, 0.1) is 0 Å². The van der Waals surface area contributed by atoms with Crippen LogP contribution in [0.4, 0.5) is 18.9 Å². The van der Waals surface area contributed by atoms with E-state index in [1.807, 2.05) is 6.92 Å². The van der Waals surface area contributed by atoms with Gasteiger partial charge in [0.25, 0.3) is 9.84 Å². The first-order chi connectivity index (χ1) is 9.77. The first-order valence-electron chi connectivity index (χ1n) is 6.66. The van der Waals surface area contributed by atoms with E-state index in [1.165, 1.54) is 12.1 Å². The van der Waals surface area contributed by atoms with Crippen LogP contribution in [0.1, 0.15) is 13.3 Å². The fourth-order valence-corrected chi connectivity index (χ4v) is 3.27. The number of rotatable bonds is 4. The number of benzene rings is 1. The van der Waals surface area contributed by atoms with E-state index in [4.69, 9.17) is 0 Å². The Labute approximate surface area is 121 Å². The minimum absolute atomic E-state index is 0.278. The summed E-state index contributed by atoms with van der Waals surface area (Å²) >= 11 is 0. The standard InChI is InChI=1S/C13H17F3N2O2S/c1-2-18(11-7-8-17-9-11)10-3-5-12(6-4-10)21(19,20)13(14,15)16/h3-6,11,17H,2,7-9H2,1H3. The molecule has 0 spiro atoms. The Kier molecular flexibility index (Phi) is 4.48. The molecule has 0 bridgehead atoms. The highest BCUT2D eigenvalue weighted by Crippen LogP contribution is 2.31. The molecule has 1 saturated heterocycles. The summed E-state index contributed by atoms with van der Waals surface area (Å²) in [7, 11) is -5.28. The van der Waals surface area contributed by atoms with Crippen molar-refractivity contribution in [2.75, 3.05) is 24.5 Å². The average molecular weight is 322 g/mol. The van der Waals surface area contributed by atoms with Crippen molar-refractivity contribution in [2.45, 2.75) is 29.8 Å². The minimum Gasteiger partial charge on any atom is -0.367 e. The molecule has 1 unspecified atom stereocenters. The number of nitrogens with one attached hydrogen (secondary N) is 1. The summed E-state index contributed by atoms with van der Waals surface area (Å²) in [6.07, 6.45) is 0.955. The largest absolute Gasteiger partial charge is 0.501 e. The molecule has 21 heavy (non-hydrogen) atoms. The van der Waals surface area contributed by atoms with Crippen LogP contribution in [0.25, 0.3) is 0 Å². The Hall–Kier alpha value is -1.28. The summed E-state index contributed by atoms with van der Waals surface area (Å²) in [4.78, 5) is 1.34. The summed E-state index contributed by atoms with van der Waals surface area (Å²) in [5.74, 6) is 0. The van der Waals surface area contributed by atoms with Crippen LogP contribution in [0.15, 0.2) is 29.2 Å². The molecule has 4 nitrogen and oxygen atoms in total. The molecule has 0 saturated carbocycles. The predicted octanol–water partition coefficient (Wildman–Crippen LogP) is 2.17. The Morgan fingerprint density at radius 1 is 1.29 bits per heavy atom. The van der Waals surface area contributed by atoms with Crippen molar-refractivity contribution in [3.63, 3.8) is 0 Å². The lowest BCUT2D eigenvalue weighted by Crippen LogP contribution is -2.36. The molecular formula is C13H17F3N2O2S. The third-order valence-electron chi connectivity index (χ3n) is 3.60. The zero-order valence-corrected chi connectivity index (χ0v) is 12.3. The SMILES string of the molecule is CCN(c1ccc(S(=O)(=O)C(F)(F)F)cc1)C1CCNC1. The van der Waals surface area contributed by atoms with Gasteiger partial charge in [-0.3, -0.25) is 0 Å². The molecule has 1 aliphatic rings. The molecule has 1 aromatic rings. The molecular weight excluding hydrogens is 305 g/mol. The van der Waals surface area contributed by atoms with Crippen molar-refractivity contribution >= 4 is 15.5 Å². The number of likely N-dealkylation sites (N-methyl/N-ethyl adjacent to an activating group) is 1. The topological polar surface area (TPSA) is 49.4 Å². The molecule has 1 aliphatic heterocycles. The molecule has 1 atom stereocenters. The Balaban J connectivity index is 2.26. The van der Waals surface area contributed by atoms with Gasteiger partial charge in [0, 0.05) is 24.8 Å². The van der Waals surface area contributed by atoms with Gasteiger partial charge in [0.15, 0.2) is 0 Å². The number of anilines is 1. The van der Waals surface area contributed by atoms with Gasteiger partial charge in [0.2, 0.25) is 0 Å². The quantitative estimate of drug-likeness (QED) is 0.923. The molecule has 0 aliphatic carbocycles. The van der Waals surface area contributed by atoms with Gasteiger partial charge in [0.1, 0.15) is 0 Å². The van der Waals surface area contributed by atoms with Gasteiger partial charge < -0.3 is 10.2 Å². The van der Waals surface area contributed by atoms with Crippen LogP contribution < -0.4 is 10.2 Å². The Bertz CT molecular complexity index is 578. The average Bonchev–Trinajstić information content (AvgIpc) is 2.93. The fraction of sp³-hybridized carbons (Fsp3) is 0.538. The van der Waals surface area contributed by atoms with Crippen molar-refractivity contribution < 1.29 is 21.6 Å². The zero-order chi connectivity index (χ0) is 15.7. The summed E-state index contributed by atoms with van der Waals surface area (Å²) in [6, 6.07) is 5.17. The van der Waals surface area contributed by atoms with E-state index in [2.05, 4.69) is 10.2 Å². The van der Waals surface area contributed by atoms with Crippen LogP contribution in [0.2, 0.25) is 0 Å². The molecule has 118 valence electrons. The maximum absolute atomic E-state index is 12.5. The second kappa shape index (κ2) is 5.84. The summed E-state index contributed by atoms with van der Waals surface area (Å²) in [5, 5.41) is 3.23. The molecule has 2 rings (SSSR count). The van der Waals surface area contributed by atoms with Gasteiger partial charge in [-0.15, -0.1) is 0 Å². The van der Waals surface area contributed by atoms with Gasteiger partial charge in [0.05, 0.1) is 4.90 Å². The van der Waals surface area contributed by atoms with Crippen LogP contribution in [-0.4, -0.2) is 39.6 Å². The number of hydrogen-bond acceptors (Lipinski definition) is 4. The van der Waals surface area contributed by atoms with E-state index in [-0.39, 0.29) is 6.04 Å². The van der Waals surface area contributed by atoms with Gasteiger partial charge in [-0.2, -0.15) is 13.2 Å². The molecule has 1 heterocycles. The van der Waals surface area contributed by atoms with Crippen molar-refractivity contribution in [1.29, 1.82) is 0 Å². The first-order valence-corrected chi connectivity index (χ1v) is 8.14. The fourth-order valence-electron chi connectivity index (χ4n) is 2.51. The van der Waals surface area contributed by atoms with Gasteiger partial charge in [-0.05, 0) is 44.2 Å². The smallest absolute Gasteiger partial charge is 0.367 e. The zero-order valence-electron chi connectivity index (χ0n) is 11.5. The van der Waals surface area contributed by atoms with E-state index in [9.17, 15) is 21.6 Å². The van der Waals surface area contributed by atoms with Crippen molar-refractivity contribution in [2.24, 2.45) is 0 Å². The van der Waals surface area contributed by atoms with E-state index in [0.29, 0.717) is 6.54 Å². The lowest BCUT2D eigenvalue weighted by Gasteiger charge is -2.29. The molecule has 0 aromatic heterocycles. The lowest BCUT2D eigenvalue weighted by atomic mass is 10.2. The Morgan fingerprint density at radius 3 is 2.33 bits per heavy atom. The highest BCUT2D eigenvalue weighted by molar-refractivity contribution is 7.92. The van der Waals surface area contributed by atoms with Gasteiger partial charge in [-0.25, -0.2) is 8.42 Å². The van der Waals surface area contributed by atoms with Crippen molar-refractivity contribution in [3.05, 3.63) is 24.3 Å². The van der Waals surface area contributed by atoms with E-state index in [0.717, 1.165) is 37.3 Å². The van der Waals surface area contributed by atoms with Crippen LogP contribution in [-0.2, 0) is 9.84 Å². The second-order valence-corrected chi connectivity index (χ2v) is 6.82. The summed E-state index contributed by atoms with van der Waals surface area (Å²) in [6.45, 7) is 4.38. The number of nitrogens with zero attached hydrogens (tertiary/aromatic N) is 1. The maximum Gasteiger partial charge on any atom is 0.501 e. The molecule has 0 amide bonds. The molecule has 1 N–H and O–H groups in total. The summed E-state index contributed by atoms with van der Waals surface area (Å²) < 4.78 is 60.1. The predicted molar refractivity (Wildman–Crippen MR) is 74.0 cm³/mol. The highest BCUT2D eigenvalue weighted by Gasteiger charge is 2.46. The third kappa shape index (κ3) is 3.16.